The molecule has 4 atom stereocenters. The third kappa shape index (κ3) is 7.93. The van der Waals surface area contributed by atoms with Gasteiger partial charge in [-0.1, -0.05) is 0 Å². The van der Waals surface area contributed by atoms with E-state index in [0.717, 1.165) is 12.5 Å². The average molecular weight is 375 g/mol. The average Bonchev–Trinajstić information content (AvgIpc) is 2.28. The van der Waals surface area contributed by atoms with Gasteiger partial charge in [0.1, 0.15) is 24.4 Å². The topological polar surface area (TPSA) is 127 Å². The second kappa shape index (κ2) is 8.08. The van der Waals surface area contributed by atoms with Gasteiger partial charge >= 0.3 is 0 Å². The molecule has 0 fully saturated rings. The third-order valence-corrected chi connectivity index (χ3v) is 3.81. The minimum absolute atomic E-state index is 0.459. The summed E-state index contributed by atoms with van der Waals surface area (Å²) < 4.78 is 52.8. The first-order valence-electron chi connectivity index (χ1n) is 5.16. The standard InChI is InChI=1S/C8H16Cl2O8S2/c1-19(13,14)17-5(3-9)7(11)8(12)6(4-10)18-20(2,15)16/h5-8,11-12H,3-4H2,1-2H3. The van der Waals surface area contributed by atoms with Crippen LogP contribution in [0.2, 0.25) is 0 Å². The van der Waals surface area contributed by atoms with Crippen molar-refractivity contribution in [3.8, 4) is 0 Å². The van der Waals surface area contributed by atoms with E-state index in [4.69, 9.17) is 23.2 Å². The van der Waals surface area contributed by atoms with Crippen molar-refractivity contribution in [2.24, 2.45) is 0 Å². The molecule has 0 heterocycles. The van der Waals surface area contributed by atoms with E-state index < -0.39 is 56.4 Å². The number of aliphatic hydroxyl groups is 2. The van der Waals surface area contributed by atoms with Gasteiger partial charge in [0.05, 0.1) is 24.3 Å². The molecule has 0 spiro atoms. The van der Waals surface area contributed by atoms with E-state index >= 15 is 0 Å². The Labute approximate surface area is 127 Å². The minimum atomic E-state index is -3.93. The molecule has 2 N–H and O–H groups in total. The molecule has 0 amide bonds. The Balaban J connectivity index is 4.98. The van der Waals surface area contributed by atoms with Crippen LogP contribution in [0.4, 0.5) is 0 Å². The molecule has 0 radical (unpaired) electrons. The van der Waals surface area contributed by atoms with Crippen LogP contribution in [0.1, 0.15) is 0 Å². The van der Waals surface area contributed by atoms with Crippen LogP contribution >= 0.6 is 23.2 Å². The fraction of sp³-hybridized carbons (Fsp3) is 1.00. The molecule has 0 aliphatic heterocycles. The Morgan fingerprint density at radius 2 is 1.10 bits per heavy atom. The van der Waals surface area contributed by atoms with Crippen molar-refractivity contribution in [2.45, 2.75) is 24.4 Å². The van der Waals surface area contributed by atoms with Crippen LogP contribution in [0.25, 0.3) is 0 Å². The second-order valence-corrected chi connectivity index (χ2v) is 7.79. The maximum Gasteiger partial charge on any atom is 0.264 e. The summed E-state index contributed by atoms with van der Waals surface area (Å²) >= 11 is 10.9. The summed E-state index contributed by atoms with van der Waals surface area (Å²) in [6.45, 7) is 0. The van der Waals surface area contributed by atoms with Crippen molar-refractivity contribution in [1.29, 1.82) is 0 Å². The van der Waals surface area contributed by atoms with Crippen molar-refractivity contribution in [3.63, 3.8) is 0 Å². The van der Waals surface area contributed by atoms with Gasteiger partial charge in [0.2, 0.25) is 0 Å². The zero-order chi connectivity index (χ0) is 16.1. The highest BCUT2D eigenvalue weighted by Crippen LogP contribution is 2.16. The second-order valence-electron chi connectivity index (χ2n) is 3.97. The Kier molecular flexibility index (Phi) is 8.21. The van der Waals surface area contributed by atoms with Gasteiger partial charge in [0.15, 0.2) is 0 Å². The molecular formula is C8H16Cl2O8S2. The first-order valence-corrected chi connectivity index (χ1v) is 9.86. The van der Waals surface area contributed by atoms with Crippen LogP contribution in [0.3, 0.4) is 0 Å². The molecule has 0 bridgehead atoms. The number of halogens is 2. The fourth-order valence-corrected chi connectivity index (χ4v) is 3.14. The predicted molar refractivity (Wildman–Crippen MR) is 72.9 cm³/mol. The molecule has 20 heavy (non-hydrogen) atoms. The third-order valence-electron chi connectivity index (χ3n) is 2.01. The lowest BCUT2D eigenvalue weighted by atomic mass is 10.1. The molecule has 4 unspecified atom stereocenters. The fourth-order valence-electron chi connectivity index (χ4n) is 1.24. The lowest BCUT2D eigenvalue weighted by Crippen LogP contribution is -2.48. The Bertz CT molecular complexity index is 445. The Hall–Kier alpha value is 0.320. The van der Waals surface area contributed by atoms with Gasteiger partial charge in [-0.25, -0.2) is 0 Å². The molecule has 0 aliphatic rings. The van der Waals surface area contributed by atoms with Crippen molar-refractivity contribution in [1.82, 2.24) is 0 Å². The molecule has 0 aromatic rings. The van der Waals surface area contributed by atoms with Gasteiger partial charge in [-0.15, -0.1) is 23.2 Å². The minimum Gasteiger partial charge on any atom is -0.387 e. The van der Waals surface area contributed by atoms with Gasteiger partial charge < -0.3 is 10.2 Å². The summed E-state index contributed by atoms with van der Waals surface area (Å²) in [5, 5.41) is 19.6. The maximum absolute atomic E-state index is 11.0. The lowest BCUT2D eigenvalue weighted by Gasteiger charge is -2.28. The zero-order valence-corrected chi connectivity index (χ0v) is 13.8. The van der Waals surface area contributed by atoms with Crippen LogP contribution in [0.15, 0.2) is 0 Å². The Morgan fingerprint density at radius 1 is 0.850 bits per heavy atom. The quantitative estimate of drug-likeness (QED) is 0.383. The first kappa shape index (κ1) is 20.3. The molecule has 0 aromatic carbocycles. The summed E-state index contributed by atoms with van der Waals surface area (Å²) in [4.78, 5) is 0. The number of hydrogen-bond donors (Lipinski definition) is 2. The van der Waals surface area contributed by atoms with Crippen molar-refractivity contribution >= 4 is 43.4 Å². The number of hydrogen-bond acceptors (Lipinski definition) is 8. The highest BCUT2D eigenvalue weighted by atomic mass is 35.5. The largest absolute Gasteiger partial charge is 0.387 e. The molecule has 0 rings (SSSR count). The van der Waals surface area contributed by atoms with E-state index in [1.807, 2.05) is 0 Å². The first-order chi connectivity index (χ1) is 8.91. The summed E-state index contributed by atoms with van der Waals surface area (Å²) in [7, 11) is -7.86. The van der Waals surface area contributed by atoms with E-state index in [1.165, 1.54) is 0 Å². The van der Waals surface area contributed by atoms with Crippen LogP contribution in [-0.2, 0) is 28.6 Å². The smallest absolute Gasteiger partial charge is 0.264 e. The predicted octanol–water partition coefficient (Wildman–Crippen LogP) is -1.12. The van der Waals surface area contributed by atoms with E-state index in [2.05, 4.69) is 8.37 Å². The summed E-state index contributed by atoms with van der Waals surface area (Å²) in [5.41, 5.74) is 0. The SMILES string of the molecule is CS(=O)(=O)OC(CCl)C(O)C(O)C(CCl)OS(C)(=O)=O. The van der Waals surface area contributed by atoms with Gasteiger partial charge in [-0.2, -0.15) is 16.8 Å². The monoisotopic (exact) mass is 374 g/mol. The normalized spacial score (nSPS) is 19.3. The van der Waals surface area contributed by atoms with Crippen molar-refractivity contribution in [3.05, 3.63) is 0 Å². The Morgan fingerprint density at radius 3 is 1.25 bits per heavy atom. The van der Waals surface area contributed by atoms with E-state index in [9.17, 15) is 27.0 Å². The van der Waals surface area contributed by atoms with Gasteiger partial charge in [0, 0.05) is 0 Å². The van der Waals surface area contributed by atoms with Crippen LogP contribution in [0.5, 0.6) is 0 Å². The molecular weight excluding hydrogens is 359 g/mol. The van der Waals surface area contributed by atoms with Gasteiger partial charge in [0.25, 0.3) is 20.2 Å². The summed E-state index contributed by atoms with van der Waals surface area (Å²) in [6.07, 6.45) is -5.11. The van der Waals surface area contributed by atoms with Gasteiger partial charge in [-0.05, 0) is 0 Å². The number of alkyl halides is 2. The molecule has 8 nitrogen and oxygen atoms in total. The summed E-state index contributed by atoms with van der Waals surface area (Å²) in [5.74, 6) is -0.918. The highest BCUT2D eigenvalue weighted by Gasteiger charge is 2.36. The highest BCUT2D eigenvalue weighted by molar-refractivity contribution is 7.86. The van der Waals surface area contributed by atoms with E-state index in [1.54, 1.807) is 0 Å². The van der Waals surface area contributed by atoms with E-state index in [0.29, 0.717) is 0 Å². The van der Waals surface area contributed by atoms with Gasteiger partial charge in [-0.3, -0.25) is 8.37 Å². The molecule has 12 heteroatoms. The molecule has 0 saturated carbocycles. The van der Waals surface area contributed by atoms with Crippen LogP contribution in [-0.4, -0.2) is 75.7 Å². The maximum atomic E-state index is 11.0. The zero-order valence-electron chi connectivity index (χ0n) is 10.6. The van der Waals surface area contributed by atoms with Crippen LogP contribution in [0, 0.1) is 0 Å². The van der Waals surface area contributed by atoms with E-state index in [-0.39, 0.29) is 0 Å². The lowest BCUT2D eigenvalue weighted by molar-refractivity contribution is -0.0773. The number of aliphatic hydroxyl groups excluding tert-OH is 2. The van der Waals surface area contributed by atoms with Crippen molar-refractivity contribution in [2.75, 3.05) is 24.3 Å². The molecule has 0 saturated heterocycles. The molecule has 122 valence electrons. The summed E-state index contributed by atoms with van der Waals surface area (Å²) in [6, 6.07) is 0. The molecule has 0 aliphatic carbocycles. The van der Waals surface area contributed by atoms with Crippen LogP contribution < -0.4 is 0 Å². The number of rotatable bonds is 9. The molecule has 0 aromatic heterocycles. The van der Waals surface area contributed by atoms with Crippen molar-refractivity contribution < 1.29 is 35.4 Å².